The number of rotatable bonds is 2. The predicted octanol–water partition coefficient (Wildman–Crippen LogP) is 2.92. The predicted molar refractivity (Wildman–Crippen MR) is 117 cm³/mol. The summed E-state index contributed by atoms with van der Waals surface area (Å²) in [5, 5.41) is 19.2. The molecule has 2 unspecified atom stereocenters. The van der Waals surface area contributed by atoms with Crippen LogP contribution in [0.25, 0.3) is 0 Å². The zero-order chi connectivity index (χ0) is 20.2. The molecule has 7 heteroatoms. The van der Waals surface area contributed by atoms with Gasteiger partial charge in [0, 0.05) is 32.2 Å². The highest BCUT2D eigenvalue weighted by atomic mass is 15.4. The monoisotopic (exact) mass is 389 g/mol. The molecular weight excluding hydrogens is 362 g/mol. The lowest BCUT2D eigenvalue weighted by Crippen LogP contribution is -2.61. The Morgan fingerprint density at radius 3 is 2.66 bits per heavy atom. The molecule has 7 nitrogen and oxygen atoms in total. The van der Waals surface area contributed by atoms with Crippen LogP contribution in [0.2, 0.25) is 0 Å². The van der Waals surface area contributed by atoms with Crippen LogP contribution in [0.5, 0.6) is 0 Å². The fourth-order valence-electron chi connectivity index (χ4n) is 4.02. The van der Waals surface area contributed by atoms with E-state index in [1.807, 2.05) is 37.3 Å². The number of nitriles is 1. The molecule has 150 valence electrons. The number of aliphatic imine (C=N–C) groups is 1. The van der Waals surface area contributed by atoms with Crippen molar-refractivity contribution in [2.75, 3.05) is 36.8 Å². The quantitative estimate of drug-likeness (QED) is 0.317. The van der Waals surface area contributed by atoms with Crippen molar-refractivity contribution in [2.45, 2.75) is 26.1 Å². The van der Waals surface area contributed by atoms with Gasteiger partial charge in [-0.05, 0) is 37.6 Å². The third kappa shape index (κ3) is 4.13. The highest BCUT2D eigenvalue weighted by molar-refractivity contribution is 5.84. The highest BCUT2D eigenvalue weighted by Gasteiger charge is 2.31. The Bertz CT molecular complexity index is 933. The standard InChI is InChI=1S/C22H27N7/c1-16-7-3-4-8-18(16)27-22(25-15-23)29-12-11-28(14-17(29)2)21-13-24-19-9-5-6-10-20(19)26-21/h3-10,17,21,24,26H,11-14H2,1-2H3,(H,25,27). The molecule has 2 aliphatic heterocycles. The number of hydrogen-bond acceptors (Lipinski definition) is 5. The molecule has 29 heavy (non-hydrogen) atoms. The van der Waals surface area contributed by atoms with Crippen molar-refractivity contribution < 1.29 is 0 Å². The summed E-state index contributed by atoms with van der Waals surface area (Å²) >= 11 is 0. The van der Waals surface area contributed by atoms with Gasteiger partial charge in [0.15, 0.2) is 6.19 Å². The normalized spacial score (nSPS) is 22.1. The Balaban J connectivity index is 1.47. The van der Waals surface area contributed by atoms with Gasteiger partial charge in [-0.15, -0.1) is 0 Å². The Hall–Kier alpha value is -3.24. The topological polar surface area (TPSA) is 78.7 Å². The zero-order valence-corrected chi connectivity index (χ0v) is 16.9. The second-order valence-corrected chi connectivity index (χ2v) is 7.58. The van der Waals surface area contributed by atoms with E-state index in [1.54, 1.807) is 0 Å². The van der Waals surface area contributed by atoms with E-state index in [4.69, 9.17) is 4.99 Å². The third-order valence-electron chi connectivity index (χ3n) is 5.62. The summed E-state index contributed by atoms with van der Waals surface area (Å²) in [6.45, 7) is 7.67. The molecule has 0 spiro atoms. The van der Waals surface area contributed by atoms with E-state index in [9.17, 15) is 5.26 Å². The van der Waals surface area contributed by atoms with Gasteiger partial charge < -0.3 is 15.5 Å². The third-order valence-corrected chi connectivity index (χ3v) is 5.62. The first-order valence-electron chi connectivity index (χ1n) is 10.1. The molecule has 4 rings (SSSR count). The van der Waals surface area contributed by atoms with Crippen molar-refractivity contribution in [3.8, 4) is 6.19 Å². The van der Waals surface area contributed by atoms with Crippen LogP contribution in [0.4, 0.5) is 17.1 Å². The van der Waals surface area contributed by atoms with Crippen molar-refractivity contribution >= 4 is 23.0 Å². The van der Waals surface area contributed by atoms with Gasteiger partial charge in [0.2, 0.25) is 5.96 Å². The van der Waals surface area contributed by atoms with Crippen molar-refractivity contribution in [3.63, 3.8) is 0 Å². The molecule has 0 amide bonds. The van der Waals surface area contributed by atoms with Crippen LogP contribution in [-0.4, -0.2) is 54.1 Å². The lowest BCUT2D eigenvalue weighted by molar-refractivity contribution is 0.108. The van der Waals surface area contributed by atoms with E-state index < -0.39 is 0 Å². The number of para-hydroxylation sites is 3. The molecule has 2 atom stereocenters. The maximum atomic E-state index is 9.25. The fourth-order valence-corrected chi connectivity index (χ4v) is 4.02. The van der Waals surface area contributed by atoms with E-state index in [-0.39, 0.29) is 12.2 Å². The molecule has 0 saturated carbocycles. The van der Waals surface area contributed by atoms with Gasteiger partial charge in [0.05, 0.1) is 23.2 Å². The van der Waals surface area contributed by atoms with E-state index in [2.05, 4.69) is 57.1 Å². The summed E-state index contributed by atoms with van der Waals surface area (Å²) < 4.78 is 0. The number of piperazine rings is 1. The minimum atomic E-state index is 0.228. The van der Waals surface area contributed by atoms with Gasteiger partial charge in [0.25, 0.3) is 0 Å². The van der Waals surface area contributed by atoms with Crippen molar-refractivity contribution in [3.05, 3.63) is 54.1 Å². The van der Waals surface area contributed by atoms with Crippen LogP contribution in [0.3, 0.4) is 0 Å². The van der Waals surface area contributed by atoms with Crippen molar-refractivity contribution in [1.29, 1.82) is 5.26 Å². The maximum Gasteiger partial charge on any atom is 0.212 e. The summed E-state index contributed by atoms with van der Waals surface area (Å²) in [7, 11) is 0. The van der Waals surface area contributed by atoms with E-state index >= 15 is 0 Å². The van der Waals surface area contributed by atoms with Crippen LogP contribution in [0, 0.1) is 18.4 Å². The first kappa shape index (κ1) is 19.1. The average molecular weight is 390 g/mol. The van der Waals surface area contributed by atoms with E-state index in [0.29, 0.717) is 5.96 Å². The lowest BCUT2D eigenvalue weighted by Gasteiger charge is -2.45. The summed E-state index contributed by atoms with van der Waals surface area (Å²) in [5.74, 6) is 0.619. The second-order valence-electron chi connectivity index (χ2n) is 7.58. The fraction of sp³-hybridized carbons (Fsp3) is 0.364. The van der Waals surface area contributed by atoms with Crippen molar-refractivity contribution in [2.24, 2.45) is 4.99 Å². The molecule has 2 heterocycles. The molecule has 1 saturated heterocycles. The number of fused-ring (bicyclic) bond motifs is 1. The first-order chi connectivity index (χ1) is 14.2. The molecule has 0 aromatic heterocycles. The lowest BCUT2D eigenvalue weighted by atomic mass is 10.1. The summed E-state index contributed by atoms with van der Waals surface area (Å²) in [5.41, 5.74) is 4.27. The van der Waals surface area contributed by atoms with Gasteiger partial charge in [0.1, 0.15) is 0 Å². The smallest absolute Gasteiger partial charge is 0.212 e. The minimum absolute atomic E-state index is 0.228. The average Bonchev–Trinajstić information content (AvgIpc) is 2.74. The largest absolute Gasteiger partial charge is 0.380 e. The number of anilines is 2. The molecule has 0 radical (unpaired) electrons. The summed E-state index contributed by atoms with van der Waals surface area (Å²) in [4.78, 5) is 9.40. The van der Waals surface area contributed by atoms with Gasteiger partial charge in [-0.3, -0.25) is 10.2 Å². The Morgan fingerprint density at radius 2 is 1.90 bits per heavy atom. The van der Waals surface area contributed by atoms with Crippen LogP contribution in [-0.2, 0) is 0 Å². The van der Waals surface area contributed by atoms with Crippen LogP contribution >= 0.6 is 0 Å². The molecule has 0 bridgehead atoms. The maximum absolute atomic E-state index is 9.25. The Morgan fingerprint density at radius 1 is 1.14 bits per heavy atom. The van der Waals surface area contributed by atoms with E-state index in [0.717, 1.165) is 48.8 Å². The Kier molecular flexibility index (Phi) is 5.54. The highest BCUT2D eigenvalue weighted by Crippen LogP contribution is 2.27. The number of nitrogens with zero attached hydrogens (tertiary/aromatic N) is 4. The van der Waals surface area contributed by atoms with Crippen LogP contribution in [0.1, 0.15) is 12.5 Å². The molecule has 0 aliphatic carbocycles. The molecular formula is C22H27N7. The van der Waals surface area contributed by atoms with E-state index in [1.165, 1.54) is 0 Å². The Labute approximate surface area is 172 Å². The van der Waals surface area contributed by atoms with Gasteiger partial charge in [-0.1, -0.05) is 30.3 Å². The van der Waals surface area contributed by atoms with Gasteiger partial charge in [-0.2, -0.15) is 5.26 Å². The molecule has 3 N–H and O–H groups in total. The first-order valence-corrected chi connectivity index (χ1v) is 10.1. The zero-order valence-electron chi connectivity index (χ0n) is 16.9. The molecule has 2 aromatic carbocycles. The van der Waals surface area contributed by atoms with Crippen LogP contribution < -0.4 is 16.0 Å². The molecule has 2 aromatic rings. The second kappa shape index (κ2) is 8.41. The number of guanidine groups is 1. The summed E-state index contributed by atoms with van der Waals surface area (Å²) in [6, 6.07) is 16.5. The number of aryl methyl sites for hydroxylation is 1. The number of benzene rings is 2. The van der Waals surface area contributed by atoms with Gasteiger partial charge in [-0.25, -0.2) is 4.99 Å². The number of hydrogen-bond donors (Lipinski definition) is 3. The molecule has 2 aliphatic rings. The van der Waals surface area contributed by atoms with Crippen LogP contribution in [0.15, 0.2) is 53.5 Å². The van der Waals surface area contributed by atoms with Crippen molar-refractivity contribution in [1.82, 2.24) is 15.1 Å². The number of nitrogens with one attached hydrogen (secondary N) is 3. The minimum Gasteiger partial charge on any atom is -0.380 e. The van der Waals surface area contributed by atoms with Gasteiger partial charge >= 0.3 is 0 Å². The molecule has 1 fully saturated rings. The SMILES string of the molecule is Cc1ccccc1N=C(NC#N)N1CCN(C2CNc3ccccc3N2)CC1C. The summed E-state index contributed by atoms with van der Waals surface area (Å²) in [6.07, 6.45) is 2.30.